The summed E-state index contributed by atoms with van der Waals surface area (Å²) >= 11 is 0. The number of fused-ring (bicyclic) bond motifs is 1. The first-order valence-electron chi connectivity index (χ1n) is 7.84. The molecule has 1 atom stereocenters. The van der Waals surface area contributed by atoms with Crippen LogP contribution in [0.4, 0.5) is 11.4 Å². The van der Waals surface area contributed by atoms with Crippen molar-refractivity contribution in [2.45, 2.75) is 12.5 Å². The van der Waals surface area contributed by atoms with E-state index >= 15 is 0 Å². The molecule has 5 N–H and O–H groups in total. The van der Waals surface area contributed by atoms with Crippen LogP contribution >= 0.6 is 0 Å². The van der Waals surface area contributed by atoms with Crippen LogP contribution in [-0.4, -0.2) is 29.7 Å². The van der Waals surface area contributed by atoms with Gasteiger partial charge in [-0.2, -0.15) is 0 Å². The summed E-state index contributed by atoms with van der Waals surface area (Å²) in [7, 11) is 0. The van der Waals surface area contributed by atoms with Gasteiger partial charge in [0.2, 0.25) is 17.7 Å². The Morgan fingerprint density at radius 3 is 2.42 bits per heavy atom. The second-order valence-electron chi connectivity index (χ2n) is 5.75. The molecule has 132 valence electrons. The fourth-order valence-electron chi connectivity index (χ4n) is 2.57. The fraction of sp³-hybridized carbons (Fsp3) is 0.111. The molecule has 1 aliphatic rings. The van der Waals surface area contributed by atoms with Crippen LogP contribution in [-0.2, 0) is 9.59 Å². The summed E-state index contributed by atoms with van der Waals surface area (Å²) in [4.78, 5) is 47.7. The van der Waals surface area contributed by atoms with Crippen LogP contribution in [0.1, 0.15) is 27.1 Å². The van der Waals surface area contributed by atoms with Crippen LogP contribution in [0.25, 0.3) is 0 Å². The van der Waals surface area contributed by atoms with Gasteiger partial charge in [-0.1, -0.05) is 12.1 Å². The first-order chi connectivity index (χ1) is 12.4. The average molecular weight is 352 g/mol. The topological polar surface area (TPSA) is 130 Å². The third-order valence-corrected chi connectivity index (χ3v) is 3.89. The standard InChI is InChI=1S/C18H16N4O4/c19-16(24)10-5-7-11(8-6-10)20-15(23)9-14-18(26)21-13-4-2-1-3-12(13)17(25)22-14/h1-8,14H,9H2,(H2,19,24)(H,20,23)(H,21,26)(H,22,25). The van der Waals surface area contributed by atoms with Crippen LogP contribution in [0.3, 0.4) is 0 Å². The van der Waals surface area contributed by atoms with Gasteiger partial charge in [0.1, 0.15) is 6.04 Å². The van der Waals surface area contributed by atoms with E-state index in [1.165, 1.54) is 24.3 Å². The van der Waals surface area contributed by atoms with Crippen molar-refractivity contribution in [2.24, 2.45) is 5.73 Å². The van der Waals surface area contributed by atoms with E-state index in [-0.39, 0.29) is 6.42 Å². The minimum atomic E-state index is -1.00. The van der Waals surface area contributed by atoms with Crippen molar-refractivity contribution in [1.82, 2.24) is 5.32 Å². The minimum absolute atomic E-state index is 0.233. The number of primary amides is 1. The number of nitrogens with one attached hydrogen (secondary N) is 3. The smallest absolute Gasteiger partial charge is 0.254 e. The van der Waals surface area contributed by atoms with E-state index in [1.807, 2.05) is 0 Å². The molecule has 3 rings (SSSR count). The molecule has 4 amide bonds. The number of anilines is 2. The number of hydrogen-bond donors (Lipinski definition) is 4. The summed E-state index contributed by atoms with van der Waals surface area (Å²) in [6.45, 7) is 0. The number of hydrogen-bond acceptors (Lipinski definition) is 4. The van der Waals surface area contributed by atoms with E-state index in [0.29, 0.717) is 22.5 Å². The fourth-order valence-corrected chi connectivity index (χ4v) is 2.57. The molecule has 0 saturated heterocycles. The van der Waals surface area contributed by atoms with E-state index in [0.717, 1.165) is 0 Å². The summed E-state index contributed by atoms with van der Waals surface area (Å²) in [6.07, 6.45) is -0.233. The van der Waals surface area contributed by atoms with Crippen LogP contribution in [0, 0.1) is 0 Å². The lowest BCUT2D eigenvalue weighted by molar-refractivity contribution is -0.122. The quantitative estimate of drug-likeness (QED) is 0.650. The monoisotopic (exact) mass is 352 g/mol. The molecule has 0 radical (unpaired) electrons. The second-order valence-corrected chi connectivity index (χ2v) is 5.75. The molecule has 1 aliphatic heterocycles. The first kappa shape index (κ1) is 17.2. The Hall–Kier alpha value is -3.68. The van der Waals surface area contributed by atoms with Crippen LogP contribution < -0.4 is 21.7 Å². The van der Waals surface area contributed by atoms with Gasteiger partial charge in [-0.05, 0) is 36.4 Å². The second kappa shape index (κ2) is 7.06. The molecule has 8 nitrogen and oxygen atoms in total. The van der Waals surface area contributed by atoms with Gasteiger partial charge >= 0.3 is 0 Å². The molecule has 0 saturated carbocycles. The van der Waals surface area contributed by atoms with Gasteiger partial charge in [-0.3, -0.25) is 19.2 Å². The Kier molecular flexibility index (Phi) is 4.66. The number of carbonyl (C=O) groups excluding carboxylic acids is 4. The van der Waals surface area contributed by atoms with Crippen LogP contribution in [0.2, 0.25) is 0 Å². The molecule has 0 bridgehead atoms. The van der Waals surface area contributed by atoms with Crippen molar-refractivity contribution < 1.29 is 19.2 Å². The Balaban J connectivity index is 1.66. The highest BCUT2D eigenvalue weighted by molar-refractivity contribution is 6.11. The average Bonchev–Trinajstić information content (AvgIpc) is 2.72. The number of para-hydroxylation sites is 1. The largest absolute Gasteiger partial charge is 0.366 e. The highest BCUT2D eigenvalue weighted by Crippen LogP contribution is 2.19. The maximum absolute atomic E-state index is 12.3. The van der Waals surface area contributed by atoms with Crippen molar-refractivity contribution in [3.63, 3.8) is 0 Å². The van der Waals surface area contributed by atoms with Crippen molar-refractivity contribution in [3.8, 4) is 0 Å². The molecule has 26 heavy (non-hydrogen) atoms. The molecule has 2 aromatic carbocycles. The Bertz CT molecular complexity index is 892. The number of carbonyl (C=O) groups is 4. The molecule has 0 fully saturated rings. The minimum Gasteiger partial charge on any atom is -0.366 e. The summed E-state index contributed by atoms with van der Waals surface area (Å²) in [6, 6.07) is 11.6. The van der Waals surface area contributed by atoms with Crippen LogP contribution in [0.5, 0.6) is 0 Å². The van der Waals surface area contributed by atoms with Gasteiger partial charge in [0.15, 0.2) is 0 Å². The van der Waals surface area contributed by atoms with Gasteiger partial charge in [-0.15, -0.1) is 0 Å². The first-order valence-corrected chi connectivity index (χ1v) is 7.84. The zero-order valence-electron chi connectivity index (χ0n) is 13.6. The van der Waals surface area contributed by atoms with Crippen molar-refractivity contribution in [2.75, 3.05) is 10.6 Å². The number of rotatable bonds is 4. The highest BCUT2D eigenvalue weighted by atomic mass is 16.2. The zero-order chi connectivity index (χ0) is 18.7. The van der Waals surface area contributed by atoms with Gasteiger partial charge in [-0.25, -0.2) is 0 Å². The molecule has 8 heteroatoms. The van der Waals surface area contributed by atoms with Crippen molar-refractivity contribution in [3.05, 3.63) is 59.7 Å². The van der Waals surface area contributed by atoms with Gasteiger partial charge < -0.3 is 21.7 Å². The van der Waals surface area contributed by atoms with Gasteiger partial charge in [0.25, 0.3) is 5.91 Å². The summed E-state index contributed by atoms with van der Waals surface area (Å²) < 4.78 is 0. The zero-order valence-corrected chi connectivity index (χ0v) is 13.6. The Morgan fingerprint density at radius 2 is 1.73 bits per heavy atom. The molecular weight excluding hydrogens is 336 g/mol. The predicted octanol–water partition coefficient (Wildman–Crippen LogP) is 0.865. The SMILES string of the molecule is NC(=O)c1ccc(NC(=O)CC2NC(=O)c3ccccc3NC2=O)cc1. The van der Waals surface area contributed by atoms with Gasteiger partial charge in [0, 0.05) is 11.3 Å². The molecule has 1 heterocycles. The van der Waals surface area contributed by atoms with E-state index in [4.69, 9.17) is 5.73 Å². The van der Waals surface area contributed by atoms with E-state index in [2.05, 4.69) is 16.0 Å². The maximum atomic E-state index is 12.3. The number of amides is 4. The Labute approximate surface area is 148 Å². The van der Waals surface area contributed by atoms with Crippen molar-refractivity contribution in [1.29, 1.82) is 0 Å². The van der Waals surface area contributed by atoms with Crippen molar-refractivity contribution >= 4 is 35.0 Å². The highest BCUT2D eigenvalue weighted by Gasteiger charge is 2.29. The molecular formula is C18H16N4O4. The molecule has 2 aromatic rings. The molecule has 0 aromatic heterocycles. The lowest BCUT2D eigenvalue weighted by Crippen LogP contribution is -2.43. The predicted molar refractivity (Wildman–Crippen MR) is 94.5 cm³/mol. The Morgan fingerprint density at radius 1 is 1.04 bits per heavy atom. The molecule has 0 aliphatic carbocycles. The van der Waals surface area contributed by atoms with Gasteiger partial charge in [0.05, 0.1) is 17.7 Å². The number of benzene rings is 2. The third-order valence-electron chi connectivity index (χ3n) is 3.89. The summed E-state index contributed by atoms with van der Waals surface area (Å²) in [5, 5.41) is 7.80. The summed E-state index contributed by atoms with van der Waals surface area (Å²) in [5.74, 6) is -1.92. The third kappa shape index (κ3) is 3.69. The lowest BCUT2D eigenvalue weighted by atomic mass is 10.1. The van der Waals surface area contributed by atoms with E-state index in [1.54, 1.807) is 24.3 Å². The van der Waals surface area contributed by atoms with E-state index in [9.17, 15) is 19.2 Å². The normalized spacial score (nSPS) is 15.9. The van der Waals surface area contributed by atoms with Crippen LogP contribution in [0.15, 0.2) is 48.5 Å². The summed E-state index contributed by atoms with van der Waals surface area (Å²) in [5.41, 5.74) is 6.66. The van der Waals surface area contributed by atoms with E-state index < -0.39 is 29.7 Å². The molecule has 0 spiro atoms. The maximum Gasteiger partial charge on any atom is 0.254 e. The number of nitrogens with two attached hydrogens (primary N) is 1. The molecule has 1 unspecified atom stereocenters. The lowest BCUT2D eigenvalue weighted by Gasteiger charge is -2.14.